The summed E-state index contributed by atoms with van der Waals surface area (Å²) in [5.41, 5.74) is 0.725. The molecule has 2 aliphatic rings. The summed E-state index contributed by atoms with van der Waals surface area (Å²) in [6, 6.07) is 2.35. The lowest BCUT2D eigenvalue weighted by atomic mass is 10.1. The van der Waals surface area contributed by atoms with Crippen LogP contribution in [0.5, 0.6) is 0 Å². The van der Waals surface area contributed by atoms with E-state index in [0.717, 1.165) is 36.7 Å². The first kappa shape index (κ1) is 10.8. The number of aryl methyl sites for hydroxylation is 2. The van der Waals surface area contributed by atoms with Gasteiger partial charge >= 0.3 is 0 Å². The lowest BCUT2D eigenvalue weighted by molar-refractivity contribution is 0.0781. The summed E-state index contributed by atoms with van der Waals surface area (Å²) < 4.78 is 5.43. The highest BCUT2D eigenvalue weighted by molar-refractivity contribution is 5.95. The van der Waals surface area contributed by atoms with Gasteiger partial charge in [-0.3, -0.25) is 4.79 Å². The van der Waals surface area contributed by atoms with Crippen molar-refractivity contribution in [1.82, 2.24) is 10.2 Å². The van der Waals surface area contributed by atoms with Crippen LogP contribution in [0.2, 0.25) is 0 Å². The molecule has 2 fully saturated rings. The average Bonchev–Trinajstić information content (AvgIpc) is 2.90. The lowest BCUT2D eigenvalue weighted by Crippen LogP contribution is -2.34. The molecule has 2 aliphatic heterocycles. The van der Waals surface area contributed by atoms with Gasteiger partial charge < -0.3 is 14.6 Å². The van der Waals surface area contributed by atoms with Crippen LogP contribution in [0.15, 0.2) is 10.5 Å². The minimum absolute atomic E-state index is 0.121. The van der Waals surface area contributed by atoms with Crippen LogP contribution in [-0.4, -0.2) is 36.5 Å². The Balaban J connectivity index is 1.77. The maximum absolute atomic E-state index is 12.4. The number of fused-ring (bicyclic) bond motifs is 1. The second-order valence-corrected chi connectivity index (χ2v) is 5.15. The van der Waals surface area contributed by atoms with Gasteiger partial charge in [0.1, 0.15) is 11.5 Å². The average molecular weight is 234 g/mol. The molecule has 4 heteroatoms. The largest absolute Gasteiger partial charge is 0.466 e. The molecule has 1 aromatic rings. The molecular weight excluding hydrogens is 216 g/mol. The van der Waals surface area contributed by atoms with Crippen molar-refractivity contribution in [2.75, 3.05) is 19.6 Å². The highest BCUT2D eigenvalue weighted by atomic mass is 16.3. The quantitative estimate of drug-likeness (QED) is 0.797. The van der Waals surface area contributed by atoms with Gasteiger partial charge in [0.15, 0.2) is 0 Å². The van der Waals surface area contributed by atoms with Crippen molar-refractivity contribution >= 4 is 5.91 Å². The predicted octanol–water partition coefficient (Wildman–Crippen LogP) is 1.33. The van der Waals surface area contributed by atoms with Crippen LogP contribution in [0.25, 0.3) is 0 Å². The van der Waals surface area contributed by atoms with Crippen LogP contribution in [-0.2, 0) is 0 Å². The van der Waals surface area contributed by atoms with Crippen molar-refractivity contribution in [3.63, 3.8) is 0 Å². The van der Waals surface area contributed by atoms with Gasteiger partial charge in [-0.15, -0.1) is 0 Å². The Morgan fingerprint density at radius 1 is 1.47 bits per heavy atom. The van der Waals surface area contributed by atoms with Crippen LogP contribution < -0.4 is 5.32 Å². The first-order valence-electron chi connectivity index (χ1n) is 6.25. The maximum atomic E-state index is 12.4. The third-order valence-corrected chi connectivity index (χ3v) is 3.92. The highest BCUT2D eigenvalue weighted by Crippen LogP contribution is 2.27. The third-order valence-electron chi connectivity index (χ3n) is 3.92. The van der Waals surface area contributed by atoms with Crippen molar-refractivity contribution in [1.29, 1.82) is 0 Å². The Labute approximate surface area is 101 Å². The second-order valence-electron chi connectivity index (χ2n) is 5.15. The van der Waals surface area contributed by atoms with Gasteiger partial charge in [-0.2, -0.15) is 0 Å². The first-order chi connectivity index (χ1) is 8.15. The van der Waals surface area contributed by atoms with E-state index in [1.807, 2.05) is 24.8 Å². The number of hydrogen-bond donors (Lipinski definition) is 1. The van der Waals surface area contributed by atoms with Gasteiger partial charge in [-0.1, -0.05) is 0 Å². The number of nitrogens with zero attached hydrogens (tertiary/aromatic N) is 1. The minimum Gasteiger partial charge on any atom is -0.466 e. The number of amides is 1. The molecule has 4 nitrogen and oxygen atoms in total. The van der Waals surface area contributed by atoms with Crippen molar-refractivity contribution < 1.29 is 9.21 Å². The molecule has 0 saturated carbocycles. The number of nitrogens with one attached hydrogen (secondary N) is 1. The Morgan fingerprint density at radius 3 is 2.94 bits per heavy atom. The van der Waals surface area contributed by atoms with E-state index in [2.05, 4.69) is 5.32 Å². The molecule has 0 bridgehead atoms. The Morgan fingerprint density at radius 2 is 2.29 bits per heavy atom. The normalized spacial score (nSPS) is 27.5. The van der Waals surface area contributed by atoms with E-state index in [0.29, 0.717) is 12.0 Å². The molecule has 1 amide bonds. The fourth-order valence-electron chi connectivity index (χ4n) is 3.03. The zero-order chi connectivity index (χ0) is 12.0. The summed E-state index contributed by atoms with van der Waals surface area (Å²) >= 11 is 0. The van der Waals surface area contributed by atoms with Crippen molar-refractivity contribution in [3.8, 4) is 0 Å². The molecule has 0 aliphatic carbocycles. The smallest absolute Gasteiger partial charge is 0.257 e. The minimum atomic E-state index is 0.121. The number of likely N-dealkylation sites (tertiary alicyclic amines) is 1. The molecule has 1 N–H and O–H groups in total. The number of hydrogen-bond acceptors (Lipinski definition) is 3. The standard InChI is InChI=1S/C13H18N2O2/c1-8-5-11(9(2)17-8)13(16)15-6-10-3-4-14-12(10)7-15/h5,10,12,14H,3-4,6-7H2,1-2H3/t10-,12+/m0/s1. The summed E-state index contributed by atoms with van der Waals surface area (Å²) in [5, 5.41) is 3.46. The monoisotopic (exact) mass is 234 g/mol. The SMILES string of the molecule is Cc1cc(C(=O)N2C[C@@H]3CCN[C@@H]3C2)c(C)o1. The molecule has 2 saturated heterocycles. The fraction of sp³-hybridized carbons (Fsp3) is 0.615. The zero-order valence-electron chi connectivity index (χ0n) is 10.3. The molecule has 3 rings (SSSR count). The molecule has 0 unspecified atom stereocenters. The summed E-state index contributed by atoms with van der Waals surface area (Å²) in [4.78, 5) is 14.3. The summed E-state index contributed by atoms with van der Waals surface area (Å²) in [5.74, 6) is 2.31. The molecule has 92 valence electrons. The molecular formula is C13H18N2O2. The van der Waals surface area contributed by atoms with Crippen molar-refractivity contribution in [2.24, 2.45) is 5.92 Å². The van der Waals surface area contributed by atoms with Crippen molar-refractivity contribution in [2.45, 2.75) is 26.3 Å². The number of rotatable bonds is 1. The van der Waals surface area contributed by atoms with E-state index < -0.39 is 0 Å². The van der Waals surface area contributed by atoms with Crippen LogP contribution in [0.1, 0.15) is 28.3 Å². The van der Waals surface area contributed by atoms with Gasteiger partial charge in [0.25, 0.3) is 5.91 Å². The molecule has 0 aromatic carbocycles. The van der Waals surface area contributed by atoms with Gasteiger partial charge in [-0.05, 0) is 38.8 Å². The molecule has 3 heterocycles. The summed E-state index contributed by atoms with van der Waals surface area (Å²) in [6.45, 7) is 6.56. The zero-order valence-corrected chi connectivity index (χ0v) is 10.3. The van der Waals surface area contributed by atoms with E-state index in [1.165, 1.54) is 6.42 Å². The lowest BCUT2D eigenvalue weighted by Gasteiger charge is -2.16. The topological polar surface area (TPSA) is 45.5 Å². The van der Waals surface area contributed by atoms with E-state index in [-0.39, 0.29) is 5.91 Å². The van der Waals surface area contributed by atoms with Crippen LogP contribution in [0, 0.1) is 19.8 Å². The molecule has 17 heavy (non-hydrogen) atoms. The molecule has 1 aromatic heterocycles. The Hall–Kier alpha value is -1.29. The highest BCUT2D eigenvalue weighted by Gasteiger charge is 2.38. The second kappa shape index (κ2) is 3.88. The number of furan rings is 1. The van der Waals surface area contributed by atoms with Crippen molar-refractivity contribution in [3.05, 3.63) is 23.2 Å². The Kier molecular flexibility index (Phi) is 2.47. The molecule has 0 spiro atoms. The number of carbonyl (C=O) groups excluding carboxylic acids is 1. The fourth-order valence-corrected chi connectivity index (χ4v) is 3.03. The van der Waals surface area contributed by atoms with Gasteiger partial charge in [-0.25, -0.2) is 0 Å². The van der Waals surface area contributed by atoms with E-state index in [4.69, 9.17) is 4.42 Å². The molecule has 0 radical (unpaired) electrons. The van der Waals surface area contributed by atoms with Gasteiger partial charge in [0.2, 0.25) is 0 Å². The third kappa shape index (κ3) is 1.76. The van der Waals surface area contributed by atoms with Crippen LogP contribution in [0.3, 0.4) is 0 Å². The van der Waals surface area contributed by atoms with Gasteiger partial charge in [0.05, 0.1) is 5.56 Å². The van der Waals surface area contributed by atoms with E-state index in [9.17, 15) is 4.79 Å². The summed E-state index contributed by atoms with van der Waals surface area (Å²) in [6.07, 6.45) is 1.19. The predicted molar refractivity (Wildman–Crippen MR) is 64.0 cm³/mol. The van der Waals surface area contributed by atoms with Crippen LogP contribution in [0.4, 0.5) is 0 Å². The van der Waals surface area contributed by atoms with Crippen LogP contribution >= 0.6 is 0 Å². The maximum Gasteiger partial charge on any atom is 0.257 e. The number of carbonyl (C=O) groups is 1. The van der Waals surface area contributed by atoms with E-state index in [1.54, 1.807) is 0 Å². The Bertz CT molecular complexity index is 440. The first-order valence-corrected chi connectivity index (χ1v) is 6.25. The summed E-state index contributed by atoms with van der Waals surface area (Å²) in [7, 11) is 0. The molecule has 2 atom stereocenters. The van der Waals surface area contributed by atoms with E-state index >= 15 is 0 Å². The van der Waals surface area contributed by atoms with Gasteiger partial charge in [0, 0.05) is 19.1 Å².